The van der Waals surface area contributed by atoms with Crippen LogP contribution in [0.1, 0.15) is 51.5 Å². The Morgan fingerprint density at radius 3 is 2.56 bits per heavy atom. The number of benzene rings is 3. The summed E-state index contributed by atoms with van der Waals surface area (Å²) in [5.41, 5.74) is 4.44. The van der Waals surface area contributed by atoms with Crippen molar-refractivity contribution in [2.24, 2.45) is 0 Å². The Bertz CT molecular complexity index is 2020. The van der Waals surface area contributed by atoms with E-state index in [4.69, 9.17) is 4.74 Å². The molecule has 0 aliphatic carbocycles. The van der Waals surface area contributed by atoms with Gasteiger partial charge in [-0.3, -0.25) is 18.7 Å². The van der Waals surface area contributed by atoms with Crippen molar-refractivity contribution in [1.29, 1.82) is 0 Å². The number of aryl methyl sites for hydroxylation is 1. The minimum Gasteiger partial charge on any atom is -0.491 e. The third-order valence-electron chi connectivity index (χ3n) is 8.32. The van der Waals surface area contributed by atoms with Crippen molar-refractivity contribution in [2.45, 2.75) is 52.6 Å². The molecule has 0 unspecified atom stereocenters. The fraction of sp³-hybridized carbons (Fsp3) is 0.250. The summed E-state index contributed by atoms with van der Waals surface area (Å²) in [5.74, 6) is -0.141. The second-order valence-electron chi connectivity index (χ2n) is 11.9. The number of aliphatic hydroxyl groups is 1. The first-order valence-electron chi connectivity index (χ1n) is 15.6. The van der Waals surface area contributed by atoms with Gasteiger partial charge >= 0.3 is 5.69 Å². The Balaban J connectivity index is 1.38. The standard InChI is InChI=1S/C36H35BrN6O5/c1-22-17-25(10-15-30(22)37)35(46)41-20-32-33(34(45)38-18-26-7-4-5-8-29(26)31-9-6-16-39-40-31)43(36(47)42(32)19-23(41)2)27-11-13-28(14-12-27)48-21-24(3)44/h4-17,23-24,44H,18-21H2,1-3H3,(H,38,45)/t23-,24-/m1/s1. The lowest BCUT2D eigenvalue weighted by atomic mass is 10.0. The Labute approximate surface area is 285 Å². The number of hydrogen-bond donors (Lipinski definition) is 2. The number of rotatable bonds is 9. The monoisotopic (exact) mass is 710 g/mol. The zero-order chi connectivity index (χ0) is 33.9. The van der Waals surface area contributed by atoms with E-state index in [9.17, 15) is 19.5 Å². The van der Waals surface area contributed by atoms with Crippen LogP contribution in [0, 0.1) is 6.92 Å². The average molecular weight is 712 g/mol. The van der Waals surface area contributed by atoms with Crippen molar-refractivity contribution < 1.29 is 19.4 Å². The fourth-order valence-corrected chi connectivity index (χ4v) is 6.09. The zero-order valence-electron chi connectivity index (χ0n) is 26.8. The van der Waals surface area contributed by atoms with Crippen LogP contribution in [0.4, 0.5) is 0 Å². The van der Waals surface area contributed by atoms with E-state index in [-0.39, 0.29) is 49.6 Å². The Morgan fingerprint density at radius 2 is 1.85 bits per heavy atom. The Hall–Kier alpha value is -5.07. The van der Waals surface area contributed by atoms with Gasteiger partial charge in [-0.1, -0.05) is 40.2 Å². The Morgan fingerprint density at radius 1 is 1.08 bits per heavy atom. The topological polar surface area (TPSA) is 132 Å². The van der Waals surface area contributed by atoms with E-state index in [1.165, 1.54) is 4.57 Å². The lowest BCUT2D eigenvalue weighted by Gasteiger charge is -2.34. The first-order chi connectivity index (χ1) is 23.1. The van der Waals surface area contributed by atoms with Crippen LogP contribution >= 0.6 is 15.9 Å². The summed E-state index contributed by atoms with van der Waals surface area (Å²) in [6.07, 6.45) is 0.955. The van der Waals surface area contributed by atoms with Gasteiger partial charge in [0.2, 0.25) is 0 Å². The van der Waals surface area contributed by atoms with Crippen LogP contribution in [0.5, 0.6) is 5.75 Å². The molecule has 0 fully saturated rings. The lowest BCUT2D eigenvalue weighted by molar-refractivity contribution is 0.0610. The van der Waals surface area contributed by atoms with E-state index < -0.39 is 12.0 Å². The minimum absolute atomic E-state index is 0.0614. The molecule has 0 radical (unpaired) electrons. The van der Waals surface area contributed by atoms with E-state index in [0.717, 1.165) is 21.2 Å². The first-order valence-corrected chi connectivity index (χ1v) is 16.4. The second kappa shape index (κ2) is 14.0. The van der Waals surface area contributed by atoms with Crippen LogP contribution in [0.25, 0.3) is 16.9 Å². The molecule has 12 heteroatoms. The molecule has 0 spiro atoms. The van der Waals surface area contributed by atoms with Gasteiger partial charge in [0, 0.05) is 40.9 Å². The highest BCUT2D eigenvalue weighted by atomic mass is 79.9. The van der Waals surface area contributed by atoms with Crippen LogP contribution < -0.4 is 15.7 Å². The number of carbonyl (C=O) groups is 2. The van der Waals surface area contributed by atoms with Gasteiger partial charge in [0.1, 0.15) is 18.1 Å². The molecule has 3 aromatic carbocycles. The minimum atomic E-state index is -0.645. The molecule has 3 heterocycles. The quantitative estimate of drug-likeness (QED) is 0.223. The number of aromatic nitrogens is 4. The van der Waals surface area contributed by atoms with Crippen molar-refractivity contribution in [2.75, 3.05) is 6.61 Å². The molecule has 0 saturated carbocycles. The summed E-state index contributed by atoms with van der Waals surface area (Å²) in [4.78, 5) is 43.8. The predicted molar refractivity (Wildman–Crippen MR) is 184 cm³/mol. The third kappa shape index (κ3) is 6.67. The molecule has 2 N–H and O–H groups in total. The van der Waals surface area contributed by atoms with Gasteiger partial charge in [-0.2, -0.15) is 10.2 Å². The number of amides is 2. The van der Waals surface area contributed by atoms with Crippen molar-refractivity contribution in [3.63, 3.8) is 0 Å². The van der Waals surface area contributed by atoms with E-state index in [2.05, 4.69) is 31.4 Å². The smallest absolute Gasteiger partial charge is 0.333 e. The van der Waals surface area contributed by atoms with E-state index in [0.29, 0.717) is 28.4 Å². The van der Waals surface area contributed by atoms with Gasteiger partial charge in [0.05, 0.1) is 29.7 Å². The maximum absolute atomic E-state index is 14.2. The van der Waals surface area contributed by atoms with E-state index in [1.54, 1.807) is 59.0 Å². The van der Waals surface area contributed by atoms with Gasteiger partial charge in [-0.25, -0.2) is 4.79 Å². The highest BCUT2D eigenvalue weighted by Crippen LogP contribution is 2.27. The summed E-state index contributed by atoms with van der Waals surface area (Å²) in [6, 6.07) is 23.1. The van der Waals surface area contributed by atoms with Crippen molar-refractivity contribution in [1.82, 2.24) is 29.5 Å². The molecular weight excluding hydrogens is 676 g/mol. The second-order valence-corrected chi connectivity index (χ2v) is 12.7. The maximum atomic E-state index is 14.2. The number of imidazole rings is 1. The largest absolute Gasteiger partial charge is 0.491 e. The number of nitrogens with one attached hydrogen (secondary N) is 1. The molecule has 1 aliphatic rings. The van der Waals surface area contributed by atoms with Crippen LogP contribution in [0.15, 0.2) is 94.3 Å². The maximum Gasteiger partial charge on any atom is 0.333 e. The van der Waals surface area contributed by atoms with E-state index >= 15 is 0 Å². The summed E-state index contributed by atoms with van der Waals surface area (Å²) >= 11 is 3.50. The highest BCUT2D eigenvalue weighted by molar-refractivity contribution is 9.10. The molecule has 2 atom stereocenters. The first kappa shape index (κ1) is 32.9. The van der Waals surface area contributed by atoms with Crippen molar-refractivity contribution in [3.05, 3.63) is 128 Å². The van der Waals surface area contributed by atoms with Crippen LogP contribution in [-0.2, 0) is 19.6 Å². The number of fused-ring (bicyclic) bond motifs is 1. The molecule has 2 aromatic heterocycles. The van der Waals surface area contributed by atoms with Crippen LogP contribution in [0.2, 0.25) is 0 Å². The van der Waals surface area contributed by atoms with Crippen molar-refractivity contribution in [3.8, 4) is 22.7 Å². The molecule has 0 bridgehead atoms. The third-order valence-corrected chi connectivity index (χ3v) is 9.21. The molecule has 2 amide bonds. The molecule has 0 saturated heterocycles. The average Bonchev–Trinajstić information content (AvgIpc) is 3.38. The fourth-order valence-electron chi connectivity index (χ4n) is 5.84. The number of hydrogen-bond acceptors (Lipinski definition) is 7. The summed E-state index contributed by atoms with van der Waals surface area (Å²) in [6.45, 7) is 6.00. The number of nitrogens with zero attached hydrogens (tertiary/aromatic N) is 5. The molecule has 6 rings (SSSR count). The van der Waals surface area contributed by atoms with Gasteiger partial charge in [-0.05, 0) is 86.5 Å². The molecule has 5 aromatic rings. The predicted octanol–water partition coefficient (Wildman–Crippen LogP) is 4.90. The van der Waals surface area contributed by atoms with Gasteiger partial charge in [0.25, 0.3) is 11.8 Å². The number of ether oxygens (including phenoxy) is 1. The summed E-state index contributed by atoms with van der Waals surface area (Å²) in [5, 5.41) is 20.9. The summed E-state index contributed by atoms with van der Waals surface area (Å²) in [7, 11) is 0. The zero-order valence-corrected chi connectivity index (χ0v) is 28.3. The van der Waals surface area contributed by atoms with Gasteiger partial charge in [0.15, 0.2) is 0 Å². The number of halogens is 1. The normalized spacial score (nSPS) is 14.7. The van der Waals surface area contributed by atoms with Gasteiger partial charge < -0.3 is 20.1 Å². The molecule has 11 nitrogen and oxygen atoms in total. The Kier molecular flexibility index (Phi) is 9.56. The highest BCUT2D eigenvalue weighted by Gasteiger charge is 2.35. The molecule has 48 heavy (non-hydrogen) atoms. The van der Waals surface area contributed by atoms with Crippen molar-refractivity contribution >= 4 is 27.7 Å². The van der Waals surface area contributed by atoms with Crippen LogP contribution in [-0.4, -0.2) is 59.9 Å². The lowest BCUT2D eigenvalue weighted by Crippen LogP contribution is -2.47. The van der Waals surface area contributed by atoms with Gasteiger partial charge in [-0.15, -0.1) is 0 Å². The number of aliphatic hydroxyl groups excluding tert-OH is 1. The number of carbonyl (C=O) groups excluding carboxylic acids is 2. The van der Waals surface area contributed by atoms with Crippen LogP contribution in [0.3, 0.4) is 0 Å². The molecule has 246 valence electrons. The van der Waals surface area contributed by atoms with E-state index in [1.807, 2.05) is 56.3 Å². The molecule has 1 aliphatic heterocycles. The SMILES string of the molecule is Cc1cc(C(=O)N2Cc3c(C(=O)NCc4ccccc4-c4cccnn4)n(-c4ccc(OC[C@@H](C)O)cc4)c(=O)n3C[C@H]2C)ccc1Br. The molecular formula is C36H35BrN6O5. The summed E-state index contributed by atoms with van der Waals surface area (Å²) < 4.78 is 9.49.